The van der Waals surface area contributed by atoms with E-state index in [4.69, 9.17) is 0 Å². The Morgan fingerprint density at radius 1 is 0.800 bits per heavy atom. The van der Waals surface area contributed by atoms with Crippen molar-refractivity contribution in [3.63, 3.8) is 0 Å². The van der Waals surface area contributed by atoms with E-state index in [1.165, 1.54) is 12.1 Å². The third-order valence-electron chi connectivity index (χ3n) is 4.35. The van der Waals surface area contributed by atoms with E-state index in [0.29, 0.717) is 11.9 Å². The van der Waals surface area contributed by atoms with Gasteiger partial charge in [0.2, 0.25) is 0 Å². The maximum absolute atomic E-state index is 13.1. The molecule has 0 saturated carbocycles. The van der Waals surface area contributed by atoms with Crippen LogP contribution in [0.2, 0.25) is 0 Å². The monoisotopic (exact) mass is 329 g/mol. The highest BCUT2D eigenvalue weighted by Gasteiger charge is 2.06. The molecule has 3 aromatic carbocycles. The molecule has 0 spiro atoms. The van der Waals surface area contributed by atoms with Gasteiger partial charge < -0.3 is 4.57 Å². The van der Waals surface area contributed by atoms with Crippen LogP contribution in [0.15, 0.2) is 89.9 Å². The molecule has 3 heteroatoms. The van der Waals surface area contributed by atoms with Crippen molar-refractivity contribution in [2.24, 2.45) is 0 Å². The van der Waals surface area contributed by atoms with Crippen molar-refractivity contribution in [1.82, 2.24) is 4.57 Å². The SMILES string of the molecule is O=c1c2ccc(-c3ccc(F)cc3)cc2ccn1Cc1ccccc1. The lowest BCUT2D eigenvalue weighted by Gasteiger charge is -2.09. The molecule has 0 unspecified atom stereocenters. The number of hydrogen-bond donors (Lipinski definition) is 0. The van der Waals surface area contributed by atoms with E-state index < -0.39 is 0 Å². The molecule has 1 aromatic heterocycles. The number of rotatable bonds is 3. The Bertz CT molecular complexity index is 1080. The number of hydrogen-bond acceptors (Lipinski definition) is 1. The standard InChI is InChI=1S/C22H16FNO/c23-20-9-6-17(7-10-20)18-8-11-21-19(14-18)12-13-24(22(21)25)15-16-4-2-1-3-5-16/h1-14H,15H2. The third-order valence-corrected chi connectivity index (χ3v) is 4.35. The predicted molar refractivity (Wildman–Crippen MR) is 99.1 cm³/mol. The number of pyridine rings is 1. The van der Waals surface area contributed by atoms with Crippen molar-refractivity contribution in [3.05, 3.63) is 107 Å². The molecule has 0 radical (unpaired) electrons. The summed E-state index contributed by atoms with van der Waals surface area (Å²) in [4.78, 5) is 12.7. The molecule has 25 heavy (non-hydrogen) atoms. The summed E-state index contributed by atoms with van der Waals surface area (Å²) in [5.41, 5.74) is 2.98. The van der Waals surface area contributed by atoms with Crippen molar-refractivity contribution in [3.8, 4) is 11.1 Å². The van der Waals surface area contributed by atoms with Gasteiger partial charge in [0, 0.05) is 11.6 Å². The normalized spacial score (nSPS) is 10.9. The van der Waals surface area contributed by atoms with Crippen LogP contribution in [-0.2, 0) is 6.54 Å². The van der Waals surface area contributed by atoms with Crippen LogP contribution in [0.4, 0.5) is 4.39 Å². The van der Waals surface area contributed by atoms with Crippen LogP contribution in [0.1, 0.15) is 5.56 Å². The molecule has 122 valence electrons. The summed E-state index contributed by atoms with van der Waals surface area (Å²) in [5.74, 6) is -0.256. The molecule has 0 aliphatic carbocycles. The first kappa shape index (κ1) is 15.3. The number of halogens is 1. The fourth-order valence-electron chi connectivity index (χ4n) is 3.01. The van der Waals surface area contributed by atoms with Gasteiger partial charge in [-0.25, -0.2) is 4.39 Å². The van der Waals surface area contributed by atoms with Crippen molar-refractivity contribution in [1.29, 1.82) is 0 Å². The highest BCUT2D eigenvalue weighted by atomic mass is 19.1. The van der Waals surface area contributed by atoms with E-state index in [1.54, 1.807) is 16.7 Å². The fourth-order valence-corrected chi connectivity index (χ4v) is 3.01. The van der Waals surface area contributed by atoms with Gasteiger partial charge in [0.15, 0.2) is 0 Å². The van der Waals surface area contributed by atoms with Gasteiger partial charge in [0.05, 0.1) is 6.54 Å². The van der Waals surface area contributed by atoms with Crippen LogP contribution >= 0.6 is 0 Å². The molecular weight excluding hydrogens is 313 g/mol. The van der Waals surface area contributed by atoms with E-state index in [2.05, 4.69) is 0 Å². The summed E-state index contributed by atoms with van der Waals surface area (Å²) in [5, 5.41) is 1.57. The molecule has 0 atom stereocenters. The van der Waals surface area contributed by atoms with Gasteiger partial charge in [-0.3, -0.25) is 4.79 Å². The van der Waals surface area contributed by atoms with Gasteiger partial charge in [0.25, 0.3) is 5.56 Å². The van der Waals surface area contributed by atoms with Crippen LogP contribution in [-0.4, -0.2) is 4.57 Å². The lowest BCUT2D eigenvalue weighted by atomic mass is 10.0. The van der Waals surface area contributed by atoms with E-state index in [1.807, 2.05) is 60.8 Å². The zero-order chi connectivity index (χ0) is 17.2. The quantitative estimate of drug-likeness (QED) is 0.526. The number of nitrogens with zero attached hydrogens (tertiary/aromatic N) is 1. The zero-order valence-corrected chi connectivity index (χ0v) is 13.5. The minimum absolute atomic E-state index is 0.00740. The Labute approximate surface area is 144 Å². The molecule has 0 fully saturated rings. The molecular formula is C22H16FNO. The molecule has 0 amide bonds. The summed E-state index contributed by atoms with van der Waals surface area (Å²) >= 11 is 0. The van der Waals surface area contributed by atoms with Crippen molar-refractivity contribution in [2.75, 3.05) is 0 Å². The van der Waals surface area contributed by atoms with Crippen molar-refractivity contribution < 1.29 is 4.39 Å². The lowest BCUT2D eigenvalue weighted by Crippen LogP contribution is -2.19. The smallest absolute Gasteiger partial charge is 0.258 e. The molecule has 0 aliphatic heterocycles. The van der Waals surface area contributed by atoms with E-state index in [-0.39, 0.29) is 11.4 Å². The Hall–Kier alpha value is -3.20. The molecule has 1 heterocycles. The molecule has 2 nitrogen and oxygen atoms in total. The van der Waals surface area contributed by atoms with Gasteiger partial charge in [0.1, 0.15) is 5.82 Å². The minimum Gasteiger partial charge on any atom is -0.311 e. The van der Waals surface area contributed by atoms with Gasteiger partial charge in [-0.15, -0.1) is 0 Å². The maximum Gasteiger partial charge on any atom is 0.258 e. The number of aromatic nitrogens is 1. The molecule has 0 saturated heterocycles. The van der Waals surface area contributed by atoms with Gasteiger partial charge >= 0.3 is 0 Å². The lowest BCUT2D eigenvalue weighted by molar-refractivity contribution is 0.628. The van der Waals surface area contributed by atoms with Gasteiger partial charge in [-0.1, -0.05) is 48.5 Å². The zero-order valence-electron chi connectivity index (χ0n) is 13.5. The summed E-state index contributed by atoms with van der Waals surface area (Å²) in [6.45, 7) is 0.551. The van der Waals surface area contributed by atoms with Gasteiger partial charge in [-0.2, -0.15) is 0 Å². The molecule has 0 aliphatic rings. The molecule has 0 bridgehead atoms. The van der Waals surface area contributed by atoms with Crippen molar-refractivity contribution >= 4 is 10.8 Å². The predicted octanol–water partition coefficient (Wildman–Crippen LogP) is 4.86. The summed E-state index contributed by atoms with van der Waals surface area (Å²) in [7, 11) is 0. The van der Waals surface area contributed by atoms with Crippen LogP contribution in [0, 0.1) is 5.82 Å². The second kappa shape index (κ2) is 6.36. The topological polar surface area (TPSA) is 22.0 Å². The Morgan fingerprint density at radius 2 is 1.52 bits per heavy atom. The van der Waals surface area contributed by atoms with Crippen LogP contribution < -0.4 is 5.56 Å². The van der Waals surface area contributed by atoms with E-state index in [9.17, 15) is 9.18 Å². The van der Waals surface area contributed by atoms with Crippen LogP contribution in [0.25, 0.3) is 21.9 Å². The Morgan fingerprint density at radius 3 is 2.28 bits per heavy atom. The summed E-state index contributed by atoms with van der Waals surface area (Å²) < 4.78 is 14.8. The number of fused-ring (bicyclic) bond motifs is 1. The number of benzene rings is 3. The fraction of sp³-hybridized carbons (Fsp3) is 0.0455. The average Bonchev–Trinajstić information content (AvgIpc) is 2.65. The third kappa shape index (κ3) is 3.09. The van der Waals surface area contributed by atoms with Gasteiger partial charge in [-0.05, 0) is 52.4 Å². The Kier molecular flexibility index (Phi) is 3.90. The first-order valence-electron chi connectivity index (χ1n) is 8.14. The second-order valence-corrected chi connectivity index (χ2v) is 6.04. The highest BCUT2D eigenvalue weighted by Crippen LogP contribution is 2.23. The molecule has 4 rings (SSSR count). The Balaban J connectivity index is 1.74. The summed E-state index contributed by atoms with van der Waals surface area (Å²) in [6.07, 6.45) is 1.83. The second-order valence-electron chi connectivity index (χ2n) is 6.04. The van der Waals surface area contributed by atoms with Crippen LogP contribution in [0.5, 0.6) is 0 Å². The van der Waals surface area contributed by atoms with Crippen molar-refractivity contribution in [2.45, 2.75) is 6.54 Å². The van der Waals surface area contributed by atoms with Crippen LogP contribution in [0.3, 0.4) is 0 Å². The highest BCUT2D eigenvalue weighted by molar-refractivity contribution is 5.86. The minimum atomic E-state index is -0.256. The summed E-state index contributed by atoms with van der Waals surface area (Å²) in [6, 6.07) is 24.0. The van der Waals surface area contributed by atoms with E-state index >= 15 is 0 Å². The molecule has 4 aromatic rings. The molecule has 0 N–H and O–H groups in total. The first-order valence-corrected chi connectivity index (χ1v) is 8.14. The average molecular weight is 329 g/mol. The largest absolute Gasteiger partial charge is 0.311 e. The van der Waals surface area contributed by atoms with E-state index in [0.717, 1.165) is 22.1 Å². The first-order chi connectivity index (χ1) is 12.2. The maximum atomic E-state index is 13.1.